The predicted molar refractivity (Wildman–Crippen MR) is 111 cm³/mol. The van der Waals surface area contributed by atoms with Gasteiger partial charge in [0.25, 0.3) is 0 Å². The zero-order valence-electron chi connectivity index (χ0n) is 16.2. The molecule has 0 radical (unpaired) electrons. The molecule has 1 heterocycles. The maximum Gasteiger partial charge on any atom is 0.495 e. The van der Waals surface area contributed by atoms with E-state index >= 15 is 0 Å². The van der Waals surface area contributed by atoms with Crippen LogP contribution in [0.25, 0.3) is 11.0 Å². The Balaban J connectivity index is 2.20. The second-order valence-electron chi connectivity index (χ2n) is 7.71. The molecule has 2 nitrogen and oxygen atoms in total. The van der Waals surface area contributed by atoms with E-state index in [1.54, 1.807) is 0 Å². The molecule has 0 atom stereocenters. The molecule has 0 spiro atoms. The number of benzene rings is 2. The van der Waals surface area contributed by atoms with Crippen LogP contribution in [0.5, 0.6) is 0 Å². The molecule has 0 bridgehead atoms. The molecule has 2 aromatic rings. The third-order valence-corrected chi connectivity index (χ3v) is 5.37. The molecule has 3 rings (SSSR count). The molecular weight excluding hydrogens is 319 g/mol. The minimum Gasteiger partial charge on any atom is -0.399 e. The summed E-state index contributed by atoms with van der Waals surface area (Å²) in [4.78, 5) is 0. The molecule has 26 heavy (non-hydrogen) atoms. The van der Waals surface area contributed by atoms with Gasteiger partial charge in [-0.05, 0) is 56.3 Å². The monoisotopic (exact) mass is 346 g/mol. The molecule has 0 amide bonds. The van der Waals surface area contributed by atoms with Crippen LogP contribution in [0.3, 0.4) is 0 Å². The van der Waals surface area contributed by atoms with Gasteiger partial charge in [-0.15, -0.1) is 6.58 Å². The van der Waals surface area contributed by atoms with Crippen LogP contribution in [-0.4, -0.2) is 18.3 Å². The van der Waals surface area contributed by atoms with E-state index in [1.807, 2.05) is 18.2 Å². The molecule has 3 heteroatoms. The topological polar surface area (TPSA) is 18.5 Å². The van der Waals surface area contributed by atoms with E-state index in [-0.39, 0.29) is 11.2 Å². The highest BCUT2D eigenvalue weighted by atomic mass is 16.7. The second-order valence-corrected chi connectivity index (χ2v) is 7.71. The van der Waals surface area contributed by atoms with Gasteiger partial charge in [-0.3, -0.25) is 0 Å². The summed E-state index contributed by atoms with van der Waals surface area (Å²) in [5, 5.41) is 0. The maximum absolute atomic E-state index is 6.42. The summed E-state index contributed by atoms with van der Waals surface area (Å²) >= 11 is 0. The normalized spacial score (nSPS) is 19.2. The van der Waals surface area contributed by atoms with Gasteiger partial charge in [0, 0.05) is 0 Å². The van der Waals surface area contributed by atoms with Crippen molar-refractivity contribution in [2.24, 2.45) is 0 Å². The molecule has 0 saturated carbocycles. The summed E-state index contributed by atoms with van der Waals surface area (Å²) in [6.07, 6.45) is 2.69. The first kappa shape index (κ1) is 18.7. The van der Waals surface area contributed by atoms with Crippen molar-refractivity contribution in [2.75, 3.05) is 0 Å². The van der Waals surface area contributed by atoms with Crippen molar-refractivity contribution in [3.05, 3.63) is 84.4 Å². The van der Waals surface area contributed by atoms with Gasteiger partial charge in [0.1, 0.15) is 0 Å². The average molecular weight is 346 g/mol. The van der Waals surface area contributed by atoms with Crippen LogP contribution in [-0.2, 0) is 9.31 Å². The SMILES string of the molecule is C=CC/C(=C(\B1OC(C)(C)C(C)(C)O1)c1ccccc1)c1ccccc1. The molecule has 2 aromatic carbocycles. The van der Waals surface area contributed by atoms with Crippen molar-refractivity contribution in [3.63, 3.8) is 0 Å². The molecule has 1 fully saturated rings. The maximum atomic E-state index is 6.42. The van der Waals surface area contributed by atoms with E-state index in [0.29, 0.717) is 0 Å². The van der Waals surface area contributed by atoms with E-state index in [9.17, 15) is 0 Å². The molecule has 1 aliphatic rings. The van der Waals surface area contributed by atoms with Crippen molar-refractivity contribution in [1.29, 1.82) is 0 Å². The van der Waals surface area contributed by atoms with Crippen LogP contribution in [0, 0.1) is 0 Å². The number of rotatable bonds is 5. The first-order valence-electron chi connectivity index (χ1n) is 9.16. The Bertz CT molecular complexity index is 775. The van der Waals surface area contributed by atoms with Gasteiger partial charge >= 0.3 is 7.12 Å². The van der Waals surface area contributed by atoms with E-state index in [1.165, 1.54) is 11.1 Å². The summed E-state index contributed by atoms with van der Waals surface area (Å²) in [5.41, 5.74) is 3.79. The summed E-state index contributed by atoms with van der Waals surface area (Å²) in [7, 11) is -0.419. The predicted octanol–water partition coefficient (Wildman–Crippen LogP) is 5.80. The lowest BCUT2D eigenvalue weighted by atomic mass is 9.69. The molecule has 0 unspecified atom stereocenters. The lowest BCUT2D eigenvalue weighted by molar-refractivity contribution is 0.00578. The van der Waals surface area contributed by atoms with Crippen LogP contribution >= 0.6 is 0 Å². The van der Waals surface area contributed by atoms with Crippen molar-refractivity contribution in [2.45, 2.75) is 45.3 Å². The third-order valence-electron chi connectivity index (χ3n) is 5.37. The first-order chi connectivity index (χ1) is 12.4. The molecule has 1 saturated heterocycles. The zero-order valence-corrected chi connectivity index (χ0v) is 16.2. The lowest BCUT2D eigenvalue weighted by Gasteiger charge is -2.32. The number of hydrogen-bond donors (Lipinski definition) is 0. The van der Waals surface area contributed by atoms with Gasteiger partial charge in [0.15, 0.2) is 0 Å². The van der Waals surface area contributed by atoms with Crippen molar-refractivity contribution >= 4 is 18.2 Å². The smallest absolute Gasteiger partial charge is 0.399 e. The third kappa shape index (κ3) is 3.55. The Morgan fingerprint density at radius 1 is 0.846 bits per heavy atom. The van der Waals surface area contributed by atoms with Crippen LogP contribution < -0.4 is 0 Å². The van der Waals surface area contributed by atoms with Crippen LogP contribution in [0.2, 0.25) is 0 Å². The Labute approximate surface area is 157 Å². The Kier molecular flexibility index (Phi) is 5.22. The highest BCUT2D eigenvalue weighted by Gasteiger charge is 2.53. The summed E-state index contributed by atoms with van der Waals surface area (Å²) in [6, 6.07) is 20.8. The lowest BCUT2D eigenvalue weighted by Crippen LogP contribution is -2.41. The van der Waals surface area contributed by atoms with Crippen molar-refractivity contribution < 1.29 is 9.31 Å². The van der Waals surface area contributed by atoms with Gasteiger partial charge in [-0.25, -0.2) is 0 Å². The van der Waals surface area contributed by atoms with Crippen molar-refractivity contribution in [3.8, 4) is 0 Å². The van der Waals surface area contributed by atoms with Crippen LogP contribution in [0.15, 0.2) is 73.3 Å². The van der Waals surface area contributed by atoms with Crippen LogP contribution in [0.1, 0.15) is 45.2 Å². The summed E-state index contributed by atoms with van der Waals surface area (Å²) < 4.78 is 12.8. The standard InChI is InChI=1S/C23H27BO2/c1-6-13-20(18-14-9-7-10-15-18)21(19-16-11-8-12-17-19)24-25-22(2,3)23(4,5)26-24/h6-12,14-17H,1,13H2,2-5H3/b21-20+. The Morgan fingerprint density at radius 2 is 1.31 bits per heavy atom. The van der Waals surface area contributed by atoms with E-state index in [0.717, 1.165) is 17.5 Å². The fourth-order valence-electron chi connectivity index (χ4n) is 3.20. The minimum absolute atomic E-state index is 0.381. The van der Waals surface area contributed by atoms with Crippen LogP contribution in [0.4, 0.5) is 0 Å². The molecule has 0 N–H and O–H groups in total. The largest absolute Gasteiger partial charge is 0.495 e. The van der Waals surface area contributed by atoms with Gasteiger partial charge in [0.05, 0.1) is 11.2 Å². The minimum atomic E-state index is -0.419. The van der Waals surface area contributed by atoms with Crippen molar-refractivity contribution in [1.82, 2.24) is 0 Å². The second kappa shape index (κ2) is 7.26. The number of hydrogen-bond acceptors (Lipinski definition) is 2. The van der Waals surface area contributed by atoms with E-state index in [2.05, 4.69) is 82.8 Å². The first-order valence-corrected chi connectivity index (χ1v) is 9.16. The average Bonchev–Trinajstić information content (AvgIpc) is 2.83. The highest BCUT2D eigenvalue weighted by molar-refractivity contribution is 6.71. The Morgan fingerprint density at radius 3 is 1.77 bits per heavy atom. The fourth-order valence-corrected chi connectivity index (χ4v) is 3.20. The van der Waals surface area contributed by atoms with Gasteiger partial charge in [-0.1, -0.05) is 66.7 Å². The fraction of sp³-hybridized carbons (Fsp3) is 0.304. The Hall–Kier alpha value is -2.10. The molecule has 134 valence electrons. The summed E-state index contributed by atoms with van der Waals surface area (Å²) in [5.74, 6) is 0. The van der Waals surface area contributed by atoms with Gasteiger partial charge in [0.2, 0.25) is 0 Å². The highest BCUT2D eigenvalue weighted by Crippen LogP contribution is 2.43. The quantitative estimate of drug-likeness (QED) is 0.387. The molecular formula is C23H27BO2. The number of allylic oxidation sites excluding steroid dienone is 2. The van der Waals surface area contributed by atoms with Gasteiger partial charge in [-0.2, -0.15) is 0 Å². The molecule has 0 aliphatic carbocycles. The molecule has 0 aromatic heterocycles. The van der Waals surface area contributed by atoms with E-state index < -0.39 is 7.12 Å². The molecule has 1 aliphatic heterocycles. The zero-order chi connectivity index (χ0) is 18.8. The van der Waals surface area contributed by atoms with E-state index in [4.69, 9.17) is 9.31 Å². The summed E-state index contributed by atoms with van der Waals surface area (Å²) in [6.45, 7) is 12.3. The van der Waals surface area contributed by atoms with Gasteiger partial charge < -0.3 is 9.31 Å².